The number of amides is 3. The standard InChI is InChI=1S/C18H18N2O4/c1-18(15-7-4-10-23-15)16(21)20(17(22)19-18)11-12-5-2-3-6-14(12)24-13-8-9-13/h2-7,10,13H,8-9,11H2,1H3,(H,19,22)/t18-/m1/s1. The van der Waals surface area contributed by atoms with E-state index in [0.717, 1.165) is 24.2 Å². The predicted molar refractivity (Wildman–Crippen MR) is 85.2 cm³/mol. The van der Waals surface area contributed by atoms with Crippen LogP contribution in [0.4, 0.5) is 4.79 Å². The van der Waals surface area contributed by atoms with E-state index in [4.69, 9.17) is 9.15 Å². The average Bonchev–Trinajstić information content (AvgIpc) is 3.14. The van der Waals surface area contributed by atoms with Crippen molar-refractivity contribution in [3.05, 3.63) is 54.0 Å². The molecule has 1 aliphatic heterocycles. The molecule has 6 heteroatoms. The van der Waals surface area contributed by atoms with Gasteiger partial charge >= 0.3 is 6.03 Å². The van der Waals surface area contributed by atoms with Crippen molar-refractivity contribution in [3.8, 4) is 5.75 Å². The highest BCUT2D eigenvalue weighted by atomic mass is 16.5. The topological polar surface area (TPSA) is 71.8 Å². The monoisotopic (exact) mass is 326 g/mol. The second-order valence-electron chi connectivity index (χ2n) is 6.35. The normalized spacial score (nSPS) is 23.5. The van der Waals surface area contributed by atoms with Gasteiger partial charge in [0, 0.05) is 5.56 Å². The Balaban J connectivity index is 1.59. The molecule has 0 bridgehead atoms. The molecule has 1 saturated heterocycles. The van der Waals surface area contributed by atoms with Gasteiger partial charge in [0.1, 0.15) is 11.5 Å². The minimum atomic E-state index is -1.17. The lowest BCUT2D eigenvalue weighted by Crippen LogP contribution is -2.40. The first kappa shape index (κ1) is 14.8. The zero-order valence-electron chi connectivity index (χ0n) is 13.3. The van der Waals surface area contributed by atoms with E-state index in [0.29, 0.717) is 5.76 Å². The SMILES string of the molecule is C[C@]1(c2ccco2)NC(=O)N(Cc2ccccc2OC2CC2)C1=O. The fraction of sp³-hybridized carbons (Fsp3) is 0.333. The van der Waals surface area contributed by atoms with Crippen molar-refractivity contribution in [1.82, 2.24) is 10.2 Å². The van der Waals surface area contributed by atoms with Crippen LogP contribution in [-0.4, -0.2) is 22.9 Å². The Kier molecular flexibility index (Phi) is 3.33. The maximum Gasteiger partial charge on any atom is 0.325 e. The Morgan fingerprint density at radius 3 is 2.75 bits per heavy atom. The summed E-state index contributed by atoms with van der Waals surface area (Å²) in [5, 5.41) is 2.73. The summed E-state index contributed by atoms with van der Waals surface area (Å²) in [6, 6.07) is 10.5. The number of rotatable bonds is 5. The second-order valence-corrected chi connectivity index (χ2v) is 6.35. The molecular weight excluding hydrogens is 308 g/mol. The molecule has 0 radical (unpaired) electrons. The first-order chi connectivity index (χ1) is 11.6. The molecular formula is C18H18N2O4. The van der Waals surface area contributed by atoms with Gasteiger partial charge in [-0.05, 0) is 38.0 Å². The second kappa shape index (κ2) is 5.40. The van der Waals surface area contributed by atoms with Gasteiger partial charge in [-0.15, -0.1) is 0 Å². The van der Waals surface area contributed by atoms with Crippen LogP contribution in [0.15, 0.2) is 47.1 Å². The Morgan fingerprint density at radius 1 is 1.25 bits per heavy atom. The molecule has 2 fully saturated rings. The fourth-order valence-corrected chi connectivity index (χ4v) is 2.86. The van der Waals surface area contributed by atoms with Crippen molar-refractivity contribution >= 4 is 11.9 Å². The molecule has 3 amide bonds. The van der Waals surface area contributed by atoms with Crippen molar-refractivity contribution in [2.75, 3.05) is 0 Å². The molecule has 2 aliphatic rings. The lowest BCUT2D eigenvalue weighted by molar-refractivity contribution is -0.132. The Bertz CT molecular complexity index is 782. The van der Waals surface area contributed by atoms with Gasteiger partial charge in [0.2, 0.25) is 0 Å². The number of hydrogen-bond donors (Lipinski definition) is 1. The van der Waals surface area contributed by atoms with E-state index < -0.39 is 11.6 Å². The summed E-state index contributed by atoms with van der Waals surface area (Å²) in [4.78, 5) is 26.4. The molecule has 6 nitrogen and oxygen atoms in total. The molecule has 4 rings (SSSR count). The molecule has 0 unspecified atom stereocenters. The highest BCUT2D eigenvalue weighted by molar-refractivity contribution is 6.06. The number of carbonyl (C=O) groups is 2. The number of imide groups is 1. The molecule has 2 heterocycles. The molecule has 24 heavy (non-hydrogen) atoms. The summed E-state index contributed by atoms with van der Waals surface area (Å²) in [6.07, 6.45) is 3.84. The number of para-hydroxylation sites is 1. The van der Waals surface area contributed by atoms with Crippen molar-refractivity contribution in [2.24, 2.45) is 0 Å². The van der Waals surface area contributed by atoms with E-state index in [1.165, 1.54) is 11.2 Å². The maximum atomic E-state index is 12.8. The van der Waals surface area contributed by atoms with E-state index in [-0.39, 0.29) is 18.6 Å². The minimum Gasteiger partial charge on any atom is -0.490 e. The zero-order valence-corrected chi connectivity index (χ0v) is 13.3. The van der Waals surface area contributed by atoms with Gasteiger partial charge in [0.25, 0.3) is 5.91 Å². The molecule has 1 aromatic heterocycles. The van der Waals surface area contributed by atoms with Crippen LogP contribution in [-0.2, 0) is 16.9 Å². The number of ether oxygens (including phenoxy) is 1. The molecule has 2 aromatic rings. The third kappa shape index (κ3) is 2.44. The average molecular weight is 326 g/mol. The fourth-order valence-electron chi connectivity index (χ4n) is 2.86. The summed E-state index contributed by atoms with van der Waals surface area (Å²) >= 11 is 0. The Hall–Kier alpha value is -2.76. The lowest BCUT2D eigenvalue weighted by atomic mass is 9.99. The Labute approximate surface area is 139 Å². The van der Waals surface area contributed by atoms with E-state index >= 15 is 0 Å². The van der Waals surface area contributed by atoms with E-state index in [1.807, 2.05) is 24.3 Å². The highest BCUT2D eigenvalue weighted by Crippen LogP contribution is 2.33. The first-order valence-electron chi connectivity index (χ1n) is 8.00. The molecule has 1 atom stereocenters. The molecule has 1 N–H and O–H groups in total. The first-order valence-corrected chi connectivity index (χ1v) is 8.00. The minimum absolute atomic E-state index is 0.170. The van der Waals surface area contributed by atoms with Gasteiger partial charge in [-0.25, -0.2) is 4.79 Å². The van der Waals surface area contributed by atoms with Crippen LogP contribution in [0.25, 0.3) is 0 Å². The van der Waals surface area contributed by atoms with E-state index in [9.17, 15) is 9.59 Å². The van der Waals surface area contributed by atoms with Crippen LogP contribution in [0.2, 0.25) is 0 Å². The summed E-state index contributed by atoms with van der Waals surface area (Å²) in [5.74, 6) is 0.821. The van der Waals surface area contributed by atoms with E-state index in [2.05, 4.69) is 5.32 Å². The summed E-state index contributed by atoms with van der Waals surface area (Å²) < 4.78 is 11.2. The number of nitrogens with one attached hydrogen (secondary N) is 1. The molecule has 1 saturated carbocycles. The Morgan fingerprint density at radius 2 is 2.04 bits per heavy atom. The predicted octanol–water partition coefficient (Wildman–Crippen LogP) is 2.79. The van der Waals surface area contributed by atoms with Crippen LogP contribution < -0.4 is 10.1 Å². The van der Waals surface area contributed by atoms with Crippen molar-refractivity contribution in [2.45, 2.75) is 38.0 Å². The number of carbonyl (C=O) groups excluding carboxylic acids is 2. The van der Waals surface area contributed by atoms with Gasteiger partial charge in [-0.1, -0.05) is 18.2 Å². The van der Waals surface area contributed by atoms with Crippen LogP contribution in [0.3, 0.4) is 0 Å². The van der Waals surface area contributed by atoms with Crippen LogP contribution >= 0.6 is 0 Å². The number of furan rings is 1. The quantitative estimate of drug-likeness (QED) is 0.858. The smallest absolute Gasteiger partial charge is 0.325 e. The van der Waals surface area contributed by atoms with Crippen molar-refractivity contribution in [3.63, 3.8) is 0 Å². The summed E-state index contributed by atoms with van der Waals surface area (Å²) in [7, 11) is 0. The van der Waals surface area contributed by atoms with E-state index in [1.54, 1.807) is 19.1 Å². The summed E-state index contributed by atoms with van der Waals surface area (Å²) in [5.41, 5.74) is -0.357. The number of nitrogens with zero attached hydrogens (tertiary/aromatic N) is 1. The maximum absolute atomic E-state index is 12.8. The van der Waals surface area contributed by atoms with Gasteiger partial charge in [-0.3, -0.25) is 9.69 Å². The molecule has 0 spiro atoms. The highest BCUT2D eigenvalue weighted by Gasteiger charge is 2.51. The largest absolute Gasteiger partial charge is 0.490 e. The van der Waals surface area contributed by atoms with Gasteiger partial charge in [-0.2, -0.15) is 0 Å². The van der Waals surface area contributed by atoms with Gasteiger partial charge in [0.15, 0.2) is 5.54 Å². The molecule has 1 aromatic carbocycles. The van der Waals surface area contributed by atoms with Crippen molar-refractivity contribution in [1.29, 1.82) is 0 Å². The third-order valence-corrected chi connectivity index (χ3v) is 4.41. The zero-order chi connectivity index (χ0) is 16.7. The lowest BCUT2D eigenvalue weighted by Gasteiger charge is -2.19. The number of hydrogen-bond acceptors (Lipinski definition) is 4. The van der Waals surface area contributed by atoms with Gasteiger partial charge in [0.05, 0.1) is 18.9 Å². The number of urea groups is 1. The van der Waals surface area contributed by atoms with Gasteiger partial charge < -0.3 is 14.5 Å². The number of benzene rings is 1. The third-order valence-electron chi connectivity index (χ3n) is 4.41. The van der Waals surface area contributed by atoms with Crippen LogP contribution in [0, 0.1) is 0 Å². The van der Waals surface area contributed by atoms with Crippen molar-refractivity contribution < 1.29 is 18.7 Å². The van der Waals surface area contributed by atoms with Crippen LogP contribution in [0.5, 0.6) is 5.75 Å². The molecule has 1 aliphatic carbocycles. The molecule has 124 valence electrons. The summed E-state index contributed by atoms with van der Waals surface area (Å²) in [6.45, 7) is 1.82. The van der Waals surface area contributed by atoms with Crippen LogP contribution in [0.1, 0.15) is 31.1 Å².